The Morgan fingerprint density at radius 3 is 2.24 bits per heavy atom. The third kappa shape index (κ3) is 5.74. The summed E-state index contributed by atoms with van der Waals surface area (Å²) in [5.41, 5.74) is 3.04. The van der Waals surface area contributed by atoms with E-state index in [0.29, 0.717) is 12.4 Å². The number of piperidine rings is 1. The van der Waals surface area contributed by atoms with Crippen molar-refractivity contribution in [2.75, 3.05) is 58.4 Å². The summed E-state index contributed by atoms with van der Waals surface area (Å²) in [5.74, 6) is 3.43. The number of aromatic nitrogens is 1. The van der Waals surface area contributed by atoms with Crippen molar-refractivity contribution in [1.82, 2.24) is 14.8 Å². The maximum absolute atomic E-state index is 13.4. The molecule has 0 N–H and O–H groups in total. The van der Waals surface area contributed by atoms with E-state index in [1.807, 2.05) is 43.3 Å². The minimum Gasteiger partial charge on any atom is -0.497 e. The van der Waals surface area contributed by atoms with E-state index in [-0.39, 0.29) is 11.8 Å². The van der Waals surface area contributed by atoms with Gasteiger partial charge in [-0.1, -0.05) is 0 Å². The minimum atomic E-state index is 0.0366. The van der Waals surface area contributed by atoms with Crippen LogP contribution in [0.4, 0.5) is 5.69 Å². The minimum absolute atomic E-state index is 0.0366. The number of aryl methyl sites for hydroxylation is 1. The van der Waals surface area contributed by atoms with Gasteiger partial charge in [-0.05, 0) is 74.8 Å². The summed E-state index contributed by atoms with van der Waals surface area (Å²) in [6, 6.07) is 15.9. The van der Waals surface area contributed by atoms with Crippen LogP contribution in [-0.4, -0.2) is 74.2 Å². The third-order valence-electron chi connectivity index (χ3n) is 7.49. The van der Waals surface area contributed by atoms with Crippen LogP contribution in [-0.2, 0) is 11.3 Å². The van der Waals surface area contributed by atoms with Crippen LogP contribution in [0.1, 0.15) is 24.3 Å². The molecule has 37 heavy (non-hydrogen) atoms. The molecule has 1 amide bonds. The van der Waals surface area contributed by atoms with Crippen LogP contribution in [0.3, 0.4) is 0 Å². The van der Waals surface area contributed by atoms with Crippen molar-refractivity contribution in [2.24, 2.45) is 5.92 Å². The van der Waals surface area contributed by atoms with Crippen LogP contribution in [0.2, 0.25) is 0 Å². The molecule has 0 aliphatic carbocycles. The van der Waals surface area contributed by atoms with Gasteiger partial charge in [0.25, 0.3) is 0 Å². The molecule has 2 aliphatic rings. The first-order valence-corrected chi connectivity index (χ1v) is 13.0. The molecule has 1 aromatic heterocycles. The molecule has 8 heteroatoms. The molecule has 8 nitrogen and oxygen atoms in total. The Balaban J connectivity index is 1.16. The highest BCUT2D eigenvalue weighted by Gasteiger charge is 2.31. The lowest BCUT2D eigenvalue weighted by Crippen LogP contribution is -2.52. The molecule has 0 bridgehead atoms. The molecular formula is C29H36N4O4. The molecule has 3 aromatic rings. The van der Waals surface area contributed by atoms with E-state index in [1.165, 1.54) is 5.69 Å². The van der Waals surface area contributed by atoms with Crippen LogP contribution in [0.25, 0.3) is 11.5 Å². The number of hydrogen-bond donors (Lipinski definition) is 0. The zero-order chi connectivity index (χ0) is 25.8. The molecule has 2 saturated heterocycles. The first-order valence-electron chi connectivity index (χ1n) is 13.0. The van der Waals surface area contributed by atoms with Gasteiger partial charge < -0.3 is 23.7 Å². The number of oxazole rings is 1. The monoisotopic (exact) mass is 504 g/mol. The number of nitrogens with zero attached hydrogens (tertiary/aromatic N) is 4. The van der Waals surface area contributed by atoms with Crippen LogP contribution in [0.15, 0.2) is 52.9 Å². The van der Waals surface area contributed by atoms with Crippen molar-refractivity contribution in [3.05, 3.63) is 60.0 Å². The van der Waals surface area contributed by atoms with E-state index in [2.05, 4.69) is 26.8 Å². The summed E-state index contributed by atoms with van der Waals surface area (Å²) in [5, 5.41) is 0. The lowest BCUT2D eigenvalue weighted by atomic mass is 9.96. The number of hydrogen-bond acceptors (Lipinski definition) is 7. The zero-order valence-electron chi connectivity index (χ0n) is 22.0. The Morgan fingerprint density at radius 2 is 1.59 bits per heavy atom. The zero-order valence-corrected chi connectivity index (χ0v) is 22.0. The molecule has 3 heterocycles. The normalized spacial score (nSPS) is 18.6. The van der Waals surface area contributed by atoms with Gasteiger partial charge in [0, 0.05) is 50.5 Å². The van der Waals surface area contributed by atoms with Gasteiger partial charge in [-0.25, -0.2) is 4.98 Å². The Kier molecular flexibility index (Phi) is 7.65. The third-order valence-corrected chi connectivity index (χ3v) is 7.49. The molecule has 5 rings (SSSR count). The van der Waals surface area contributed by atoms with Gasteiger partial charge in [0.1, 0.15) is 17.3 Å². The van der Waals surface area contributed by atoms with E-state index < -0.39 is 0 Å². The maximum atomic E-state index is 13.4. The summed E-state index contributed by atoms with van der Waals surface area (Å²) in [4.78, 5) is 24.9. The Hall–Kier alpha value is -3.52. The van der Waals surface area contributed by atoms with E-state index >= 15 is 0 Å². The standard InChI is InChI=1S/C29H36N4O4/c1-21-27(30-28(37-21)22-6-10-25(35-2)11-7-22)20-31-14-4-5-23(19-31)29(34)33-17-15-32(16-18-33)24-8-12-26(36-3)13-9-24/h6-13,23H,4-5,14-20H2,1-3H3/t23-/m0/s1. The molecule has 0 spiro atoms. The number of carbonyl (C=O) groups excluding carboxylic acids is 1. The number of amides is 1. The van der Waals surface area contributed by atoms with Crippen molar-refractivity contribution in [3.63, 3.8) is 0 Å². The van der Waals surface area contributed by atoms with E-state index in [0.717, 1.165) is 80.6 Å². The summed E-state index contributed by atoms with van der Waals surface area (Å²) in [7, 11) is 3.33. The molecule has 1 atom stereocenters. The largest absolute Gasteiger partial charge is 0.497 e. The number of carbonyl (C=O) groups is 1. The lowest BCUT2D eigenvalue weighted by Gasteiger charge is -2.39. The number of anilines is 1. The van der Waals surface area contributed by atoms with Crippen molar-refractivity contribution in [2.45, 2.75) is 26.3 Å². The number of benzene rings is 2. The van der Waals surface area contributed by atoms with Gasteiger partial charge in [-0.15, -0.1) is 0 Å². The summed E-state index contributed by atoms with van der Waals surface area (Å²) in [6.07, 6.45) is 1.97. The van der Waals surface area contributed by atoms with Gasteiger partial charge in [0.05, 0.1) is 25.8 Å². The second-order valence-corrected chi connectivity index (χ2v) is 9.84. The first kappa shape index (κ1) is 25.1. The number of methoxy groups -OCH3 is 2. The number of likely N-dealkylation sites (tertiary alicyclic amines) is 1. The SMILES string of the molecule is COc1ccc(-c2nc(CN3CCC[C@H](C(=O)N4CCN(c5ccc(OC)cc5)CC4)C3)c(C)o2)cc1. The van der Waals surface area contributed by atoms with Gasteiger partial charge >= 0.3 is 0 Å². The highest BCUT2D eigenvalue weighted by atomic mass is 16.5. The molecular weight excluding hydrogens is 468 g/mol. The maximum Gasteiger partial charge on any atom is 0.227 e. The Labute approximate surface area is 218 Å². The second-order valence-electron chi connectivity index (χ2n) is 9.84. The van der Waals surface area contributed by atoms with Crippen LogP contribution in [0, 0.1) is 12.8 Å². The fraction of sp³-hybridized carbons (Fsp3) is 0.448. The highest BCUT2D eigenvalue weighted by molar-refractivity contribution is 5.79. The van der Waals surface area contributed by atoms with Crippen molar-refractivity contribution >= 4 is 11.6 Å². The summed E-state index contributed by atoms with van der Waals surface area (Å²) >= 11 is 0. The molecule has 0 radical (unpaired) electrons. The second kappa shape index (κ2) is 11.3. The Bertz CT molecular complexity index is 1180. The fourth-order valence-electron chi connectivity index (χ4n) is 5.28. The van der Waals surface area contributed by atoms with Gasteiger partial charge in [0.15, 0.2) is 0 Å². The van der Waals surface area contributed by atoms with E-state index in [4.69, 9.17) is 18.9 Å². The highest BCUT2D eigenvalue weighted by Crippen LogP contribution is 2.27. The Morgan fingerprint density at radius 1 is 0.946 bits per heavy atom. The predicted molar refractivity (Wildman–Crippen MR) is 143 cm³/mol. The first-order chi connectivity index (χ1) is 18.0. The van der Waals surface area contributed by atoms with Crippen molar-refractivity contribution in [1.29, 1.82) is 0 Å². The predicted octanol–water partition coefficient (Wildman–Crippen LogP) is 4.23. The molecule has 0 unspecified atom stereocenters. The average Bonchev–Trinajstić information content (AvgIpc) is 3.32. The molecule has 196 valence electrons. The summed E-state index contributed by atoms with van der Waals surface area (Å²) < 4.78 is 16.5. The van der Waals surface area contributed by atoms with Gasteiger partial charge in [0.2, 0.25) is 11.8 Å². The molecule has 2 aromatic carbocycles. The van der Waals surface area contributed by atoms with E-state index in [1.54, 1.807) is 14.2 Å². The van der Waals surface area contributed by atoms with Gasteiger partial charge in [-0.2, -0.15) is 0 Å². The molecule has 0 saturated carbocycles. The number of piperazine rings is 1. The lowest BCUT2D eigenvalue weighted by molar-refractivity contribution is -0.137. The summed E-state index contributed by atoms with van der Waals surface area (Å²) in [6.45, 7) is 7.61. The molecule has 2 fully saturated rings. The van der Waals surface area contributed by atoms with Crippen molar-refractivity contribution in [3.8, 4) is 23.0 Å². The topological polar surface area (TPSA) is 71.3 Å². The smallest absolute Gasteiger partial charge is 0.227 e. The van der Waals surface area contributed by atoms with Crippen LogP contribution in [0.5, 0.6) is 11.5 Å². The fourth-order valence-corrected chi connectivity index (χ4v) is 5.28. The van der Waals surface area contributed by atoms with Gasteiger partial charge in [-0.3, -0.25) is 9.69 Å². The van der Waals surface area contributed by atoms with Crippen LogP contribution < -0.4 is 14.4 Å². The van der Waals surface area contributed by atoms with Crippen molar-refractivity contribution < 1.29 is 18.7 Å². The van der Waals surface area contributed by atoms with E-state index in [9.17, 15) is 4.79 Å². The number of ether oxygens (including phenoxy) is 2. The van der Waals surface area contributed by atoms with Crippen LogP contribution >= 0.6 is 0 Å². The average molecular weight is 505 g/mol. The quantitative estimate of drug-likeness (QED) is 0.477. The molecule has 2 aliphatic heterocycles. The number of rotatable bonds is 7.